The summed E-state index contributed by atoms with van der Waals surface area (Å²) in [4.78, 5) is 0. The van der Waals surface area contributed by atoms with Gasteiger partial charge in [-0.15, -0.1) is 0 Å². The van der Waals surface area contributed by atoms with E-state index in [1.807, 2.05) is 0 Å². The van der Waals surface area contributed by atoms with Crippen molar-refractivity contribution < 1.29 is 0 Å². The molecule has 0 radical (unpaired) electrons. The molecule has 2 aromatic carbocycles. The first-order valence-corrected chi connectivity index (χ1v) is 8.10. The minimum Gasteiger partial charge on any atom is -0.314 e. The summed E-state index contributed by atoms with van der Waals surface area (Å²) in [5, 5.41) is 3.64. The number of hydrogen-bond acceptors (Lipinski definition) is 1. The van der Waals surface area contributed by atoms with Gasteiger partial charge < -0.3 is 5.32 Å². The first kappa shape index (κ1) is 15.8. The molecule has 21 heavy (non-hydrogen) atoms. The summed E-state index contributed by atoms with van der Waals surface area (Å²) in [6.07, 6.45) is 4.74. The molecule has 0 aliphatic rings. The van der Waals surface area contributed by atoms with Gasteiger partial charge in [0.15, 0.2) is 0 Å². The van der Waals surface area contributed by atoms with Gasteiger partial charge in [0.05, 0.1) is 0 Å². The molecule has 0 aliphatic heterocycles. The fraction of sp³-hybridized carbons (Fsp3) is 0.400. The third-order valence-electron chi connectivity index (χ3n) is 3.98. The zero-order valence-electron chi connectivity index (χ0n) is 13.3. The van der Waals surface area contributed by atoms with Crippen molar-refractivity contribution in [2.24, 2.45) is 0 Å². The van der Waals surface area contributed by atoms with Gasteiger partial charge in [0, 0.05) is 6.04 Å². The molecule has 0 saturated heterocycles. The lowest BCUT2D eigenvalue weighted by Gasteiger charge is -2.18. The molecule has 0 aliphatic carbocycles. The molecule has 1 nitrogen and oxygen atoms in total. The van der Waals surface area contributed by atoms with Crippen LogP contribution in [0, 0.1) is 6.92 Å². The first-order valence-electron chi connectivity index (χ1n) is 8.10. The summed E-state index contributed by atoms with van der Waals surface area (Å²) in [5.41, 5.74) is 4.25. The average molecular weight is 281 g/mol. The second-order valence-electron chi connectivity index (χ2n) is 5.81. The summed E-state index contributed by atoms with van der Waals surface area (Å²) in [5.74, 6) is 0. The van der Waals surface area contributed by atoms with E-state index in [0.29, 0.717) is 6.04 Å². The zero-order valence-corrected chi connectivity index (χ0v) is 13.3. The van der Waals surface area contributed by atoms with Gasteiger partial charge in [0.25, 0.3) is 0 Å². The fourth-order valence-electron chi connectivity index (χ4n) is 2.83. The van der Waals surface area contributed by atoms with Crippen LogP contribution in [0.15, 0.2) is 54.6 Å². The van der Waals surface area contributed by atoms with Gasteiger partial charge in [-0.1, -0.05) is 67.1 Å². The Hall–Kier alpha value is -1.60. The van der Waals surface area contributed by atoms with Crippen molar-refractivity contribution in [3.8, 4) is 0 Å². The van der Waals surface area contributed by atoms with Crippen LogP contribution in [0.2, 0.25) is 0 Å². The second kappa shape index (κ2) is 8.63. The van der Waals surface area contributed by atoms with Crippen LogP contribution in [0.25, 0.3) is 0 Å². The maximum absolute atomic E-state index is 3.64. The molecule has 0 spiro atoms. The standard InChI is InChI=1S/C20H27N/c1-3-21-20(14-12-18-9-5-4-6-10-18)15-13-19-11-7-8-17(2)16-19/h4-11,16,20-21H,3,12-15H2,1-2H3. The summed E-state index contributed by atoms with van der Waals surface area (Å²) in [7, 11) is 0. The van der Waals surface area contributed by atoms with Crippen molar-refractivity contribution in [1.29, 1.82) is 0 Å². The van der Waals surface area contributed by atoms with Crippen LogP contribution in [-0.2, 0) is 12.8 Å². The van der Waals surface area contributed by atoms with Crippen LogP contribution in [0.1, 0.15) is 36.5 Å². The molecule has 1 atom stereocenters. The highest BCUT2D eigenvalue weighted by atomic mass is 14.9. The minimum absolute atomic E-state index is 0.607. The molecule has 0 aromatic heterocycles. The molecule has 0 fully saturated rings. The van der Waals surface area contributed by atoms with Gasteiger partial charge in [-0.3, -0.25) is 0 Å². The van der Waals surface area contributed by atoms with Gasteiger partial charge >= 0.3 is 0 Å². The van der Waals surface area contributed by atoms with Crippen molar-refractivity contribution in [2.45, 2.75) is 45.6 Å². The maximum Gasteiger partial charge on any atom is 0.00732 e. The van der Waals surface area contributed by atoms with Gasteiger partial charge in [-0.05, 0) is 50.3 Å². The molecule has 2 rings (SSSR count). The average Bonchev–Trinajstić information content (AvgIpc) is 2.51. The van der Waals surface area contributed by atoms with Crippen molar-refractivity contribution in [3.63, 3.8) is 0 Å². The van der Waals surface area contributed by atoms with E-state index in [2.05, 4.69) is 73.8 Å². The maximum atomic E-state index is 3.64. The summed E-state index contributed by atoms with van der Waals surface area (Å²) < 4.78 is 0. The normalized spacial score (nSPS) is 12.3. The Balaban J connectivity index is 1.84. The Morgan fingerprint density at radius 2 is 1.52 bits per heavy atom. The smallest absolute Gasteiger partial charge is 0.00732 e. The Kier molecular flexibility index (Phi) is 6.49. The molecule has 1 unspecified atom stereocenters. The molecule has 0 amide bonds. The third kappa shape index (κ3) is 5.73. The predicted molar refractivity (Wildman–Crippen MR) is 91.7 cm³/mol. The van der Waals surface area contributed by atoms with Gasteiger partial charge in [-0.25, -0.2) is 0 Å². The van der Waals surface area contributed by atoms with E-state index in [-0.39, 0.29) is 0 Å². The molecular formula is C20H27N. The molecule has 0 bridgehead atoms. The van der Waals surface area contributed by atoms with Crippen molar-refractivity contribution in [3.05, 3.63) is 71.3 Å². The SMILES string of the molecule is CCNC(CCc1ccccc1)CCc1cccc(C)c1. The van der Waals surface area contributed by atoms with Crippen LogP contribution >= 0.6 is 0 Å². The highest BCUT2D eigenvalue weighted by molar-refractivity contribution is 5.22. The van der Waals surface area contributed by atoms with Crippen LogP contribution in [0.4, 0.5) is 0 Å². The highest BCUT2D eigenvalue weighted by Gasteiger charge is 2.08. The van der Waals surface area contributed by atoms with Crippen molar-refractivity contribution in [2.75, 3.05) is 6.54 Å². The quantitative estimate of drug-likeness (QED) is 0.749. The van der Waals surface area contributed by atoms with E-state index in [1.165, 1.54) is 29.5 Å². The Morgan fingerprint density at radius 3 is 2.19 bits per heavy atom. The number of aryl methyl sites for hydroxylation is 3. The molecule has 0 saturated carbocycles. The molecule has 1 heteroatoms. The van der Waals surface area contributed by atoms with E-state index in [0.717, 1.165) is 19.4 Å². The van der Waals surface area contributed by atoms with Crippen LogP contribution < -0.4 is 5.32 Å². The van der Waals surface area contributed by atoms with Crippen LogP contribution in [-0.4, -0.2) is 12.6 Å². The Bertz CT molecular complexity index is 518. The molecule has 112 valence electrons. The van der Waals surface area contributed by atoms with Crippen molar-refractivity contribution >= 4 is 0 Å². The number of hydrogen-bond donors (Lipinski definition) is 1. The summed E-state index contributed by atoms with van der Waals surface area (Å²) in [6, 6.07) is 20.3. The highest BCUT2D eigenvalue weighted by Crippen LogP contribution is 2.12. The lowest BCUT2D eigenvalue weighted by molar-refractivity contribution is 0.464. The lowest BCUT2D eigenvalue weighted by Crippen LogP contribution is -2.29. The Morgan fingerprint density at radius 1 is 0.857 bits per heavy atom. The monoisotopic (exact) mass is 281 g/mol. The van der Waals surface area contributed by atoms with E-state index >= 15 is 0 Å². The topological polar surface area (TPSA) is 12.0 Å². The first-order chi connectivity index (χ1) is 10.3. The number of benzene rings is 2. The van der Waals surface area contributed by atoms with E-state index in [1.54, 1.807) is 0 Å². The minimum atomic E-state index is 0.607. The fourth-order valence-corrected chi connectivity index (χ4v) is 2.83. The molecular weight excluding hydrogens is 254 g/mol. The largest absolute Gasteiger partial charge is 0.314 e. The van der Waals surface area contributed by atoms with E-state index in [4.69, 9.17) is 0 Å². The summed E-state index contributed by atoms with van der Waals surface area (Å²) in [6.45, 7) is 5.41. The van der Waals surface area contributed by atoms with Crippen LogP contribution in [0.5, 0.6) is 0 Å². The predicted octanol–water partition coefficient (Wildman–Crippen LogP) is 4.54. The molecule has 2 aromatic rings. The van der Waals surface area contributed by atoms with E-state index < -0.39 is 0 Å². The Labute approximate surface area is 129 Å². The molecule has 0 heterocycles. The van der Waals surface area contributed by atoms with Crippen molar-refractivity contribution in [1.82, 2.24) is 5.32 Å². The van der Waals surface area contributed by atoms with Gasteiger partial charge in [0.2, 0.25) is 0 Å². The number of rotatable bonds is 8. The van der Waals surface area contributed by atoms with Crippen LogP contribution in [0.3, 0.4) is 0 Å². The van der Waals surface area contributed by atoms with Gasteiger partial charge in [-0.2, -0.15) is 0 Å². The zero-order chi connectivity index (χ0) is 14.9. The number of nitrogens with one attached hydrogen (secondary N) is 1. The van der Waals surface area contributed by atoms with Gasteiger partial charge in [0.1, 0.15) is 0 Å². The molecule has 1 N–H and O–H groups in total. The second-order valence-corrected chi connectivity index (χ2v) is 5.81. The summed E-state index contributed by atoms with van der Waals surface area (Å²) >= 11 is 0. The van der Waals surface area contributed by atoms with E-state index in [9.17, 15) is 0 Å². The third-order valence-corrected chi connectivity index (χ3v) is 3.98. The lowest BCUT2D eigenvalue weighted by atomic mass is 9.98.